The molecule has 0 unspecified atom stereocenters. The quantitative estimate of drug-likeness (QED) is 0.904. The molecule has 112 valence electrons. The topological polar surface area (TPSA) is 50.2 Å². The first-order chi connectivity index (χ1) is 9.36. The van der Waals surface area contributed by atoms with Gasteiger partial charge < -0.3 is 5.32 Å². The molecule has 1 fully saturated rings. The van der Waals surface area contributed by atoms with E-state index in [1.807, 2.05) is 0 Å². The summed E-state index contributed by atoms with van der Waals surface area (Å²) in [5, 5.41) is 6.66. The fourth-order valence-corrected chi connectivity index (χ4v) is 2.49. The van der Waals surface area contributed by atoms with Crippen molar-refractivity contribution in [3.8, 4) is 0 Å². The van der Waals surface area contributed by atoms with Gasteiger partial charge in [-0.25, -0.2) is 0 Å². The second-order valence-electron chi connectivity index (χ2n) is 5.04. The van der Waals surface area contributed by atoms with Crippen molar-refractivity contribution >= 4 is 5.91 Å². The smallest absolute Gasteiger partial charge is 0.350 e. The summed E-state index contributed by atoms with van der Waals surface area (Å²) in [6, 6.07) is 0.0405. The van der Waals surface area contributed by atoms with Crippen LogP contribution in [0.1, 0.15) is 12.8 Å². The summed E-state index contributed by atoms with van der Waals surface area (Å²) in [7, 11) is 1.43. The Hall–Kier alpha value is -1.57. The number of likely N-dealkylation sites (N-methyl/N-ethyl adjacent to an activating group) is 1. The van der Waals surface area contributed by atoms with Crippen molar-refractivity contribution < 1.29 is 18.0 Å². The van der Waals surface area contributed by atoms with Crippen molar-refractivity contribution in [2.75, 3.05) is 13.6 Å². The Morgan fingerprint density at radius 1 is 1.45 bits per heavy atom. The number of carbonyl (C=O) groups is 1. The summed E-state index contributed by atoms with van der Waals surface area (Å²) in [5.41, 5.74) is 0. The molecule has 0 saturated carbocycles. The van der Waals surface area contributed by atoms with E-state index in [-0.39, 0.29) is 31.5 Å². The fraction of sp³-hybridized carbons (Fsp3) is 0.667. The number of rotatable bonds is 3. The molecule has 1 aromatic rings. The Labute approximate surface area is 114 Å². The molecule has 0 aliphatic carbocycles. The third-order valence-corrected chi connectivity index (χ3v) is 3.44. The first-order valence-electron chi connectivity index (χ1n) is 6.40. The molecule has 5 nitrogen and oxygen atoms in total. The molecule has 0 spiro atoms. The highest BCUT2D eigenvalue weighted by atomic mass is 19.4. The van der Waals surface area contributed by atoms with Crippen molar-refractivity contribution in [3.63, 3.8) is 0 Å². The van der Waals surface area contributed by atoms with Crippen LogP contribution in [0.4, 0.5) is 13.2 Å². The van der Waals surface area contributed by atoms with Gasteiger partial charge in [-0.15, -0.1) is 0 Å². The average Bonchev–Trinajstić information content (AvgIpc) is 2.79. The van der Waals surface area contributed by atoms with Crippen molar-refractivity contribution in [1.82, 2.24) is 20.0 Å². The van der Waals surface area contributed by atoms with Gasteiger partial charge in [0.05, 0.1) is 0 Å². The molecule has 0 radical (unpaired) electrons. The lowest BCUT2D eigenvalue weighted by atomic mass is 9.98. The van der Waals surface area contributed by atoms with E-state index >= 15 is 0 Å². The summed E-state index contributed by atoms with van der Waals surface area (Å²) in [5.74, 6) is -0.238. The molecule has 1 aliphatic heterocycles. The molecule has 1 amide bonds. The number of aromatic nitrogens is 2. The van der Waals surface area contributed by atoms with Crippen LogP contribution in [0.3, 0.4) is 0 Å². The van der Waals surface area contributed by atoms with Crippen LogP contribution in [0, 0.1) is 0 Å². The lowest BCUT2D eigenvalue weighted by Crippen LogP contribution is -2.55. The number of halogens is 3. The Morgan fingerprint density at radius 3 is 2.75 bits per heavy atom. The molecule has 20 heavy (non-hydrogen) atoms. The number of likely N-dealkylation sites (tertiary alicyclic amines) is 1. The third kappa shape index (κ3) is 3.72. The highest BCUT2D eigenvalue weighted by molar-refractivity contribution is 5.75. The standard InChI is InChI=1S/C12H17F3N4O/c1-18-7-9(3-4-10(18)12(13,14)15)17-11(20)8-19-6-2-5-16-19/h2,5-6,9-10H,3-4,7-8H2,1H3,(H,17,20)/t9-,10+/m0/s1. The lowest BCUT2D eigenvalue weighted by Gasteiger charge is -2.38. The van der Waals surface area contributed by atoms with E-state index in [0.717, 1.165) is 0 Å². The zero-order valence-electron chi connectivity index (χ0n) is 11.1. The number of alkyl halides is 3. The Morgan fingerprint density at radius 2 is 2.20 bits per heavy atom. The minimum absolute atomic E-state index is 0.00666. The van der Waals surface area contributed by atoms with Gasteiger partial charge in [0.25, 0.3) is 0 Å². The zero-order valence-corrected chi connectivity index (χ0v) is 11.1. The molecule has 2 atom stereocenters. The van der Waals surface area contributed by atoms with E-state index < -0.39 is 12.2 Å². The van der Waals surface area contributed by atoms with E-state index in [1.54, 1.807) is 18.5 Å². The molecular weight excluding hydrogens is 273 g/mol. The summed E-state index contributed by atoms with van der Waals surface area (Å²) in [6.45, 7) is 0.283. The normalized spacial score (nSPS) is 24.6. The van der Waals surface area contributed by atoms with E-state index in [9.17, 15) is 18.0 Å². The molecule has 1 N–H and O–H groups in total. The van der Waals surface area contributed by atoms with Gasteiger partial charge in [0, 0.05) is 25.0 Å². The Bertz CT molecular complexity index is 446. The second kappa shape index (κ2) is 5.82. The SMILES string of the molecule is CN1C[C@@H](NC(=O)Cn2cccn2)CC[C@@H]1C(F)(F)F. The maximum absolute atomic E-state index is 12.7. The monoisotopic (exact) mass is 290 g/mol. The summed E-state index contributed by atoms with van der Waals surface area (Å²) < 4.78 is 39.6. The van der Waals surface area contributed by atoms with Crippen molar-refractivity contribution in [3.05, 3.63) is 18.5 Å². The molecular formula is C12H17F3N4O. The van der Waals surface area contributed by atoms with Crippen LogP contribution in [0.2, 0.25) is 0 Å². The number of nitrogens with zero attached hydrogens (tertiary/aromatic N) is 3. The number of nitrogens with one attached hydrogen (secondary N) is 1. The molecule has 1 aromatic heterocycles. The van der Waals surface area contributed by atoms with Crippen LogP contribution in [-0.4, -0.2) is 52.4 Å². The summed E-state index contributed by atoms with van der Waals surface area (Å²) in [4.78, 5) is 13.0. The van der Waals surface area contributed by atoms with E-state index in [0.29, 0.717) is 6.42 Å². The van der Waals surface area contributed by atoms with Crippen LogP contribution >= 0.6 is 0 Å². The predicted octanol–water partition coefficient (Wildman–Crippen LogP) is 1.02. The molecule has 1 aliphatic rings. The van der Waals surface area contributed by atoms with Gasteiger partial charge in [-0.3, -0.25) is 14.4 Å². The Kier molecular flexibility index (Phi) is 4.32. The zero-order chi connectivity index (χ0) is 14.8. The van der Waals surface area contributed by atoms with Gasteiger partial charge >= 0.3 is 6.18 Å². The highest BCUT2D eigenvalue weighted by Crippen LogP contribution is 2.30. The van der Waals surface area contributed by atoms with Gasteiger partial charge in [0.1, 0.15) is 12.6 Å². The van der Waals surface area contributed by atoms with Crippen molar-refractivity contribution in [2.24, 2.45) is 0 Å². The molecule has 2 heterocycles. The van der Waals surface area contributed by atoms with Gasteiger partial charge in [0.15, 0.2) is 0 Å². The fourth-order valence-electron chi connectivity index (χ4n) is 2.49. The average molecular weight is 290 g/mol. The van der Waals surface area contributed by atoms with Gasteiger partial charge in [-0.2, -0.15) is 18.3 Å². The van der Waals surface area contributed by atoms with Crippen LogP contribution in [0.25, 0.3) is 0 Å². The predicted molar refractivity (Wildman–Crippen MR) is 65.9 cm³/mol. The van der Waals surface area contributed by atoms with Crippen LogP contribution in [0.5, 0.6) is 0 Å². The van der Waals surface area contributed by atoms with Gasteiger partial charge in [-0.1, -0.05) is 0 Å². The largest absolute Gasteiger partial charge is 0.404 e. The van der Waals surface area contributed by atoms with Crippen molar-refractivity contribution in [2.45, 2.75) is 37.6 Å². The van der Waals surface area contributed by atoms with Gasteiger partial charge in [0.2, 0.25) is 5.91 Å². The maximum Gasteiger partial charge on any atom is 0.404 e. The highest BCUT2D eigenvalue weighted by Gasteiger charge is 2.44. The van der Waals surface area contributed by atoms with Crippen LogP contribution < -0.4 is 5.32 Å². The third-order valence-electron chi connectivity index (χ3n) is 3.44. The summed E-state index contributed by atoms with van der Waals surface area (Å²) >= 11 is 0. The van der Waals surface area contributed by atoms with Crippen LogP contribution in [-0.2, 0) is 11.3 Å². The molecule has 0 bridgehead atoms. The van der Waals surface area contributed by atoms with E-state index in [2.05, 4.69) is 10.4 Å². The first-order valence-corrected chi connectivity index (χ1v) is 6.40. The Balaban J connectivity index is 1.82. The number of hydrogen-bond acceptors (Lipinski definition) is 3. The van der Waals surface area contributed by atoms with Crippen LogP contribution in [0.15, 0.2) is 18.5 Å². The lowest BCUT2D eigenvalue weighted by molar-refractivity contribution is -0.188. The first kappa shape index (κ1) is 14.8. The second-order valence-corrected chi connectivity index (χ2v) is 5.04. The number of piperidine rings is 1. The molecule has 8 heteroatoms. The molecule has 0 aromatic carbocycles. The van der Waals surface area contributed by atoms with E-state index in [4.69, 9.17) is 0 Å². The van der Waals surface area contributed by atoms with E-state index in [1.165, 1.54) is 16.6 Å². The minimum atomic E-state index is -4.21. The number of carbonyl (C=O) groups excluding carboxylic acids is 1. The van der Waals surface area contributed by atoms with Gasteiger partial charge in [-0.05, 0) is 26.0 Å². The molecule has 2 rings (SSSR count). The molecule has 1 saturated heterocycles. The minimum Gasteiger partial charge on any atom is -0.350 e. The van der Waals surface area contributed by atoms with Crippen molar-refractivity contribution in [1.29, 1.82) is 0 Å². The number of hydrogen-bond donors (Lipinski definition) is 1. The number of amides is 1. The summed E-state index contributed by atoms with van der Waals surface area (Å²) in [6.07, 6.45) is -0.646. The maximum atomic E-state index is 12.7.